The molecule has 2 N–H and O–H groups in total. The largest absolute Gasteiger partial charge is 0.494 e. The molecular weight excluding hydrogens is 423 g/mol. The van der Waals surface area contributed by atoms with Crippen molar-refractivity contribution in [2.45, 2.75) is 19.4 Å². The number of carbonyl (C=O) groups is 2. The fourth-order valence-electron chi connectivity index (χ4n) is 3.23. The second-order valence-electron chi connectivity index (χ2n) is 6.85. The van der Waals surface area contributed by atoms with Gasteiger partial charge in [-0.1, -0.05) is 29.8 Å². The number of rotatable bonds is 7. The van der Waals surface area contributed by atoms with Crippen LogP contribution in [0.3, 0.4) is 0 Å². The van der Waals surface area contributed by atoms with Gasteiger partial charge in [-0.2, -0.15) is 0 Å². The Labute approximate surface area is 183 Å². The average Bonchev–Trinajstić information content (AvgIpc) is 2.73. The molecule has 0 unspecified atom stereocenters. The smallest absolute Gasteiger partial charge is 0.305 e. The summed E-state index contributed by atoms with van der Waals surface area (Å²) in [7, 11) is 1.47. The van der Waals surface area contributed by atoms with Gasteiger partial charge in [0.2, 0.25) is 0 Å². The van der Waals surface area contributed by atoms with E-state index in [0.717, 1.165) is 0 Å². The summed E-state index contributed by atoms with van der Waals surface area (Å²) < 4.78 is 18.9. The van der Waals surface area contributed by atoms with Crippen LogP contribution in [-0.4, -0.2) is 29.1 Å². The van der Waals surface area contributed by atoms with Crippen molar-refractivity contribution in [3.63, 3.8) is 0 Å². The number of aryl methyl sites for hydroxylation is 1. The normalized spacial score (nSPS) is 11.6. The van der Waals surface area contributed by atoms with Crippen LogP contribution >= 0.6 is 11.6 Å². The molecule has 0 saturated carbocycles. The number of carbonyl (C=O) groups excluding carboxylic acids is 1. The summed E-state index contributed by atoms with van der Waals surface area (Å²) in [6.45, 7) is 1.73. The first-order valence-corrected chi connectivity index (χ1v) is 9.76. The van der Waals surface area contributed by atoms with Crippen molar-refractivity contribution in [2.24, 2.45) is 0 Å². The highest BCUT2D eigenvalue weighted by Crippen LogP contribution is 2.31. The molecule has 31 heavy (non-hydrogen) atoms. The summed E-state index contributed by atoms with van der Waals surface area (Å²) in [5.41, 5.74) is 2.16. The maximum atomic E-state index is 13.5. The number of ether oxygens (including phenoxy) is 1. The topological polar surface area (TPSA) is 88.5 Å². The maximum Gasteiger partial charge on any atom is 0.305 e. The van der Waals surface area contributed by atoms with E-state index in [9.17, 15) is 19.1 Å². The number of hydrogen-bond acceptors (Lipinski definition) is 4. The van der Waals surface area contributed by atoms with Crippen LogP contribution in [0.2, 0.25) is 5.02 Å². The monoisotopic (exact) mass is 442 g/mol. The lowest BCUT2D eigenvalue weighted by Gasteiger charge is -2.19. The van der Waals surface area contributed by atoms with Crippen LogP contribution in [0.5, 0.6) is 5.75 Å². The zero-order valence-corrected chi connectivity index (χ0v) is 17.6. The van der Waals surface area contributed by atoms with Crippen LogP contribution in [0.15, 0.2) is 54.6 Å². The number of methoxy groups -OCH3 is 1. The van der Waals surface area contributed by atoms with Crippen molar-refractivity contribution in [3.05, 3.63) is 82.3 Å². The number of hydrogen-bond donors (Lipinski definition) is 2. The van der Waals surface area contributed by atoms with Gasteiger partial charge in [0.05, 0.1) is 19.6 Å². The summed E-state index contributed by atoms with van der Waals surface area (Å²) in [6.07, 6.45) is -0.352. The number of carboxylic acids is 1. The first kappa shape index (κ1) is 22.2. The average molecular weight is 443 g/mol. The molecule has 1 atom stereocenters. The molecule has 0 saturated heterocycles. The number of nitrogens with one attached hydrogen (secondary N) is 1. The zero-order chi connectivity index (χ0) is 22.5. The van der Waals surface area contributed by atoms with Gasteiger partial charge in [0.1, 0.15) is 23.0 Å². The lowest BCUT2D eigenvalue weighted by atomic mass is 10.0. The van der Waals surface area contributed by atoms with E-state index >= 15 is 0 Å². The number of pyridine rings is 1. The lowest BCUT2D eigenvalue weighted by Crippen LogP contribution is -2.31. The number of aliphatic carboxylic acids is 1. The van der Waals surface area contributed by atoms with Crippen LogP contribution in [0.4, 0.5) is 4.39 Å². The van der Waals surface area contributed by atoms with Crippen molar-refractivity contribution in [3.8, 4) is 17.0 Å². The maximum absolute atomic E-state index is 13.5. The second kappa shape index (κ2) is 9.57. The molecule has 1 heterocycles. The summed E-state index contributed by atoms with van der Waals surface area (Å²) in [5, 5.41) is 12.3. The first-order chi connectivity index (χ1) is 14.8. The summed E-state index contributed by atoms with van der Waals surface area (Å²) in [6, 6.07) is 13.1. The fourth-order valence-corrected chi connectivity index (χ4v) is 3.49. The standard InChI is InChI=1S/C23H20ClFN2O4/c1-13-11-14(25)7-8-15(13)22-20(31-2)10-9-18(26-22)23(30)27-19(12-21(28)29)16-5-3-4-6-17(16)24/h3-11,19H,12H2,1-2H3,(H,27,30)(H,28,29)/t19-/m0/s1. The number of amides is 1. The van der Waals surface area contributed by atoms with E-state index in [1.807, 2.05) is 0 Å². The highest BCUT2D eigenvalue weighted by atomic mass is 35.5. The van der Waals surface area contributed by atoms with Crippen molar-refractivity contribution >= 4 is 23.5 Å². The van der Waals surface area contributed by atoms with Gasteiger partial charge in [-0.05, 0) is 54.4 Å². The lowest BCUT2D eigenvalue weighted by molar-refractivity contribution is -0.137. The molecule has 0 aliphatic heterocycles. The van der Waals surface area contributed by atoms with E-state index in [4.69, 9.17) is 16.3 Å². The van der Waals surface area contributed by atoms with Crippen molar-refractivity contribution in [2.75, 3.05) is 7.11 Å². The Kier molecular flexibility index (Phi) is 6.87. The van der Waals surface area contributed by atoms with Crippen molar-refractivity contribution < 1.29 is 23.8 Å². The Morgan fingerprint density at radius 3 is 2.58 bits per heavy atom. The van der Waals surface area contributed by atoms with Gasteiger partial charge in [0.25, 0.3) is 5.91 Å². The van der Waals surface area contributed by atoms with E-state index in [1.54, 1.807) is 43.3 Å². The Bertz CT molecular complexity index is 1140. The minimum absolute atomic E-state index is 0.0574. The second-order valence-corrected chi connectivity index (χ2v) is 7.26. The molecule has 3 aromatic rings. The molecule has 0 spiro atoms. The Balaban J connectivity index is 1.97. The van der Waals surface area contributed by atoms with Gasteiger partial charge in [-0.15, -0.1) is 0 Å². The minimum atomic E-state index is -1.09. The summed E-state index contributed by atoms with van der Waals surface area (Å²) >= 11 is 6.20. The third kappa shape index (κ3) is 5.19. The zero-order valence-electron chi connectivity index (χ0n) is 16.9. The molecule has 160 valence electrons. The SMILES string of the molecule is COc1ccc(C(=O)N[C@@H](CC(=O)O)c2ccccc2Cl)nc1-c1ccc(F)cc1C. The van der Waals surface area contributed by atoms with Crippen LogP contribution in [-0.2, 0) is 4.79 Å². The number of carboxylic acid groups (broad SMARTS) is 1. The number of halogens is 2. The Hall–Kier alpha value is -3.45. The van der Waals surface area contributed by atoms with Crippen LogP contribution in [0.25, 0.3) is 11.3 Å². The van der Waals surface area contributed by atoms with E-state index in [2.05, 4.69) is 10.3 Å². The number of nitrogens with zero attached hydrogens (tertiary/aromatic N) is 1. The molecule has 1 aromatic heterocycles. The van der Waals surface area contributed by atoms with Gasteiger partial charge in [-0.3, -0.25) is 9.59 Å². The predicted molar refractivity (Wildman–Crippen MR) is 115 cm³/mol. The van der Waals surface area contributed by atoms with E-state index in [-0.39, 0.29) is 17.9 Å². The third-order valence-electron chi connectivity index (χ3n) is 4.72. The fraction of sp³-hybridized carbons (Fsp3) is 0.174. The van der Waals surface area contributed by atoms with E-state index < -0.39 is 17.9 Å². The van der Waals surface area contributed by atoms with Gasteiger partial charge in [-0.25, -0.2) is 9.37 Å². The summed E-state index contributed by atoms with van der Waals surface area (Å²) in [4.78, 5) is 28.7. The molecule has 1 amide bonds. The highest BCUT2D eigenvalue weighted by molar-refractivity contribution is 6.31. The van der Waals surface area contributed by atoms with Crippen LogP contribution < -0.4 is 10.1 Å². The quantitative estimate of drug-likeness (QED) is 0.548. The van der Waals surface area contributed by atoms with Gasteiger partial charge in [0, 0.05) is 10.6 Å². The molecule has 3 rings (SSSR count). The molecular formula is C23H20ClFN2O4. The molecule has 0 bridgehead atoms. The van der Waals surface area contributed by atoms with E-state index in [0.29, 0.717) is 33.2 Å². The third-order valence-corrected chi connectivity index (χ3v) is 5.06. The molecule has 0 fully saturated rings. The highest BCUT2D eigenvalue weighted by Gasteiger charge is 2.23. The van der Waals surface area contributed by atoms with Gasteiger partial charge < -0.3 is 15.2 Å². The first-order valence-electron chi connectivity index (χ1n) is 9.38. The van der Waals surface area contributed by atoms with Crippen LogP contribution in [0.1, 0.15) is 34.1 Å². The molecule has 6 nitrogen and oxygen atoms in total. The Morgan fingerprint density at radius 2 is 1.94 bits per heavy atom. The van der Waals surface area contributed by atoms with Crippen LogP contribution in [0, 0.1) is 12.7 Å². The number of benzene rings is 2. The van der Waals surface area contributed by atoms with Crippen molar-refractivity contribution in [1.29, 1.82) is 0 Å². The molecule has 2 aromatic carbocycles. The predicted octanol–water partition coefficient (Wildman–Crippen LogP) is 4.80. The summed E-state index contributed by atoms with van der Waals surface area (Å²) in [5.74, 6) is -1.63. The Morgan fingerprint density at radius 1 is 1.19 bits per heavy atom. The molecule has 8 heteroatoms. The molecule has 0 radical (unpaired) electrons. The van der Waals surface area contributed by atoms with Crippen molar-refractivity contribution in [1.82, 2.24) is 10.3 Å². The van der Waals surface area contributed by atoms with E-state index in [1.165, 1.54) is 25.3 Å². The molecule has 0 aliphatic rings. The van der Waals surface area contributed by atoms with Gasteiger partial charge in [0.15, 0.2) is 0 Å². The minimum Gasteiger partial charge on any atom is -0.494 e. The number of aromatic nitrogens is 1. The van der Waals surface area contributed by atoms with Gasteiger partial charge >= 0.3 is 5.97 Å². The molecule has 0 aliphatic carbocycles.